The summed E-state index contributed by atoms with van der Waals surface area (Å²) in [6, 6.07) is 4.11. The summed E-state index contributed by atoms with van der Waals surface area (Å²) in [5.74, 6) is -2.37. The third-order valence-electron chi connectivity index (χ3n) is 8.86. The highest BCUT2D eigenvalue weighted by Gasteiger charge is 2.62. The molecule has 0 spiro atoms. The Hall–Kier alpha value is -4.40. The van der Waals surface area contributed by atoms with Crippen molar-refractivity contribution in [3.05, 3.63) is 43.1 Å². The molecule has 1 saturated heterocycles. The summed E-state index contributed by atoms with van der Waals surface area (Å²) >= 11 is 0. The van der Waals surface area contributed by atoms with Crippen molar-refractivity contribution in [2.75, 3.05) is 6.54 Å². The molecule has 14 nitrogen and oxygen atoms in total. The second-order valence-corrected chi connectivity index (χ2v) is 17.1. The van der Waals surface area contributed by atoms with Gasteiger partial charge in [0.05, 0.1) is 11.8 Å². The lowest BCUT2D eigenvalue weighted by Gasteiger charge is -2.36. The molecule has 3 aliphatic rings. The van der Waals surface area contributed by atoms with Gasteiger partial charge in [0.2, 0.25) is 27.7 Å². The molecular weight excluding hydrogens is 654 g/mol. The number of carbonyl (C=O) groups excluding carboxylic acids is 4. The maximum atomic E-state index is 14.4. The van der Waals surface area contributed by atoms with Crippen molar-refractivity contribution >= 4 is 44.6 Å². The Kier molecular flexibility index (Phi) is 9.38. The van der Waals surface area contributed by atoms with Gasteiger partial charge in [0, 0.05) is 23.9 Å². The Morgan fingerprint density at radius 1 is 1.12 bits per heavy atom. The summed E-state index contributed by atoms with van der Waals surface area (Å²) < 4.78 is 39.1. The van der Waals surface area contributed by atoms with Crippen LogP contribution in [0, 0.1) is 11.3 Å². The monoisotopic (exact) mass is 699 g/mol. The van der Waals surface area contributed by atoms with Crippen LogP contribution in [0.1, 0.15) is 67.2 Å². The lowest BCUT2D eigenvalue weighted by molar-refractivity contribution is -0.143. The zero-order valence-corrected chi connectivity index (χ0v) is 29.4. The summed E-state index contributed by atoms with van der Waals surface area (Å²) in [6.07, 6.45) is 2.47. The van der Waals surface area contributed by atoms with Crippen LogP contribution in [0.4, 0.5) is 4.79 Å². The minimum absolute atomic E-state index is 0.00610. The van der Waals surface area contributed by atoms with Crippen molar-refractivity contribution in [2.45, 2.75) is 102 Å². The molecule has 0 bridgehead atoms. The highest BCUT2D eigenvalue weighted by Crippen LogP contribution is 2.45. The van der Waals surface area contributed by atoms with E-state index in [1.54, 1.807) is 59.7 Å². The predicted octanol–water partition coefficient (Wildman–Crippen LogP) is 2.90. The first-order chi connectivity index (χ1) is 22.7. The van der Waals surface area contributed by atoms with Gasteiger partial charge in [0.25, 0.3) is 5.91 Å². The number of fused-ring (bicyclic) bond motifs is 1. The van der Waals surface area contributed by atoms with E-state index in [9.17, 15) is 32.7 Å². The first kappa shape index (κ1) is 35.9. The summed E-state index contributed by atoms with van der Waals surface area (Å²) in [6.45, 7) is 14.1. The smallest absolute Gasteiger partial charge is 0.408 e. The molecule has 49 heavy (non-hydrogen) atoms. The van der Waals surface area contributed by atoms with Gasteiger partial charge in [-0.3, -0.25) is 19.1 Å². The molecule has 4 N–H and O–H groups in total. The third-order valence-corrected chi connectivity index (χ3v) is 10.7. The number of ether oxygens (including phenoxy) is 2. The molecule has 266 valence electrons. The number of hydrogen-bond acceptors (Lipinski definition) is 10. The van der Waals surface area contributed by atoms with Crippen molar-refractivity contribution in [1.29, 1.82) is 0 Å². The number of phenolic OH excluding ortho intramolecular Hbond substituents is 1. The third kappa shape index (κ3) is 7.92. The Bertz CT molecular complexity index is 1780. The first-order valence-electron chi connectivity index (χ1n) is 16.3. The van der Waals surface area contributed by atoms with Gasteiger partial charge in [-0.05, 0) is 75.1 Å². The predicted molar refractivity (Wildman–Crippen MR) is 180 cm³/mol. The van der Waals surface area contributed by atoms with E-state index >= 15 is 0 Å². The van der Waals surface area contributed by atoms with E-state index in [4.69, 9.17) is 9.47 Å². The first-order valence-corrected chi connectivity index (χ1v) is 17.8. The Labute approximate surface area is 286 Å². The van der Waals surface area contributed by atoms with Gasteiger partial charge in [-0.25, -0.2) is 18.2 Å². The maximum absolute atomic E-state index is 14.4. The van der Waals surface area contributed by atoms with Crippen LogP contribution in [-0.2, 0) is 29.1 Å². The quantitative estimate of drug-likeness (QED) is 0.268. The van der Waals surface area contributed by atoms with Gasteiger partial charge in [0.15, 0.2) is 0 Å². The van der Waals surface area contributed by atoms with Gasteiger partial charge in [-0.15, -0.1) is 6.58 Å². The average molecular weight is 700 g/mol. The number of aromatic hydroxyl groups is 1. The largest absolute Gasteiger partial charge is 0.508 e. The average Bonchev–Trinajstić information content (AvgIpc) is 3.91. The molecule has 15 heteroatoms. The number of amides is 4. The second-order valence-electron chi connectivity index (χ2n) is 15.1. The molecule has 1 unspecified atom stereocenters. The number of aromatic nitrogens is 1. The van der Waals surface area contributed by atoms with Gasteiger partial charge >= 0.3 is 6.09 Å². The molecule has 5 rings (SSSR count). The number of nitrogens with zero attached hydrogens (tertiary/aromatic N) is 2. The SMILES string of the molecule is C=CC1C[C@]1(NC(=O)[C@@H]1C[C@@H](Oc2nccc3cc(O)ccc23)CN1C(=O)[C@@H](NC(=O)OC(C)(C)C)C(C)(C)C)C(=O)NS(=O)(=O)C1CC1. The number of rotatable bonds is 10. The van der Waals surface area contributed by atoms with Gasteiger partial charge in [-0.2, -0.15) is 0 Å². The molecule has 5 atom stereocenters. The zero-order valence-electron chi connectivity index (χ0n) is 28.6. The van der Waals surface area contributed by atoms with Crippen molar-refractivity contribution in [2.24, 2.45) is 11.3 Å². The molecule has 2 aromatic rings. The van der Waals surface area contributed by atoms with E-state index in [0.717, 1.165) is 0 Å². The molecular formula is C34H45N5O9S. The number of sulfonamides is 1. The normalized spacial score (nSPS) is 24.4. The van der Waals surface area contributed by atoms with Crippen molar-refractivity contribution < 1.29 is 42.2 Å². The fraction of sp³-hybridized carbons (Fsp3) is 0.559. The zero-order chi connectivity index (χ0) is 36.1. The summed E-state index contributed by atoms with van der Waals surface area (Å²) in [4.78, 5) is 60.4. The molecule has 2 aliphatic carbocycles. The highest BCUT2D eigenvalue weighted by atomic mass is 32.2. The van der Waals surface area contributed by atoms with Gasteiger partial charge in [0.1, 0.15) is 35.1 Å². The number of benzene rings is 1. The molecule has 3 fully saturated rings. The van der Waals surface area contributed by atoms with E-state index in [1.165, 1.54) is 23.2 Å². The highest BCUT2D eigenvalue weighted by molar-refractivity contribution is 7.91. The molecule has 1 aromatic carbocycles. The van der Waals surface area contributed by atoms with Crippen LogP contribution >= 0.6 is 0 Å². The number of likely N-dealkylation sites (tertiary alicyclic amines) is 1. The van der Waals surface area contributed by atoms with Gasteiger partial charge in [-0.1, -0.05) is 26.8 Å². The molecule has 2 heterocycles. The van der Waals surface area contributed by atoms with E-state index in [-0.39, 0.29) is 31.0 Å². The number of pyridine rings is 1. The Morgan fingerprint density at radius 2 is 1.82 bits per heavy atom. The molecule has 1 aliphatic heterocycles. The fourth-order valence-electron chi connectivity index (χ4n) is 6.02. The van der Waals surface area contributed by atoms with E-state index in [1.807, 2.05) is 0 Å². The van der Waals surface area contributed by atoms with Crippen molar-refractivity contribution in [3.8, 4) is 11.6 Å². The minimum atomic E-state index is -3.90. The van der Waals surface area contributed by atoms with Crippen LogP contribution in [0.25, 0.3) is 10.8 Å². The minimum Gasteiger partial charge on any atom is -0.508 e. The van der Waals surface area contributed by atoms with Crippen molar-refractivity contribution in [3.63, 3.8) is 0 Å². The Morgan fingerprint density at radius 3 is 2.41 bits per heavy atom. The van der Waals surface area contributed by atoms with E-state index in [0.29, 0.717) is 23.6 Å². The van der Waals surface area contributed by atoms with E-state index in [2.05, 4.69) is 26.9 Å². The fourth-order valence-corrected chi connectivity index (χ4v) is 7.39. The molecule has 4 amide bonds. The number of nitrogens with one attached hydrogen (secondary N) is 3. The standard InChI is InChI=1S/C34H45N5O9S/c1-8-20-17-34(20,30(43)38-49(45,46)23-10-11-23)37-27(41)25-16-22(47-28-24-12-9-21(40)15-19(24)13-14-35-28)18-39(25)29(42)26(32(2,3)4)36-31(44)48-33(5,6)7/h8-9,12-15,20,22-23,25-26,40H,1,10-11,16-18H2,2-7H3,(H,36,44)(H,37,41)(H,38,43)/t20?,22-,25+,26-,34-/m1/s1. The lowest BCUT2D eigenvalue weighted by Crippen LogP contribution is -2.60. The topological polar surface area (TPSA) is 193 Å². The number of phenols is 1. The maximum Gasteiger partial charge on any atom is 0.408 e. The van der Waals surface area contributed by atoms with Gasteiger partial charge < -0.3 is 30.1 Å². The molecule has 1 aromatic heterocycles. The number of alkyl carbamates (subject to hydrolysis) is 1. The summed E-state index contributed by atoms with van der Waals surface area (Å²) in [5.41, 5.74) is -3.22. The summed E-state index contributed by atoms with van der Waals surface area (Å²) in [5, 5.41) is 16.0. The van der Waals surface area contributed by atoms with E-state index < -0.39 is 79.7 Å². The second kappa shape index (κ2) is 12.8. The Balaban J connectivity index is 1.44. The molecule has 2 saturated carbocycles. The van der Waals surface area contributed by atoms with Crippen LogP contribution in [0.2, 0.25) is 0 Å². The van der Waals surface area contributed by atoms with Crippen LogP contribution in [0.15, 0.2) is 43.1 Å². The number of hydrogen-bond donors (Lipinski definition) is 4. The van der Waals surface area contributed by atoms with Crippen LogP contribution < -0.4 is 20.1 Å². The van der Waals surface area contributed by atoms with Crippen LogP contribution in [0.3, 0.4) is 0 Å². The number of carbonyl (C=O) groups is 4. The van der Waals surface area contributed by atoms with Crippen LogP contribution in [-0.4, -0.2) is 88.3 Å². The van der Waals surface area contributed by atoms with Crippen molar-refractivity contribution in [1.82, 2.24) is 25.2 Å². The summed E-state index contributed by atoms with van der Waals surface area (Å²) in [7, 11) is -3.90. The lowest BCUT2D eigenvalue weighted by atomic mass is 9.85. The molecule has 0 radical (unpaired) electrons. The van der Waals surface area contributed by atoms with Crippen LogP contribution in [0.5, 0.6) is 11.6 Å².